The van der Waals surface area contributed by atoms with E-state index in [1.165, 1.54) is 6.33 Å². The third-order valence-corrected chi connectivity index (χ3v) is 2.57. The molecule has 0 fully saturated rings. The van der Waals surface area contributed by atoms with E-state index in [0.29, 0.717) is 11.5 Å². The number of ether oxygens (including phenoxy) is 1. The van der Waals surface area contributed by atoms with Crippen molar-refractivity contribution in [3.05, 3.63) is 42.4 Å². The molecular weight excluding hydrogens is 228 g/mol. The molecule has 1 aromatic carbocycles. The van der Waals surface area contributed by atoms with E-state index in [-0.39, 0.29) is 0 Å². The van der Waals surface area contributed by atoms with E-state index < -0.39 is 0 Å². The van der Waals surface area contributed by atoms with Crippen molar-refractivity contribution < 1.29 is 4.74 Å². The predicted octanol–water partition coefficient (Wildman–Crippen LogP) is 2.12. The second kappa shape index (κ2) is 5.15. The smallest absolute Gasteiger partial charge is 0.145 e. The lowest BCUT2D eigenvalue weighted by Gasteiger charge is -2.18. The molecule has 0 saturated carbocycles. The van der Waals surface area contributed by atoms with Crippen molar-refractivity contribution in [3.63, 3.8) is 0 Å². The molecule has 5 nitrogen and oxygen atoms in total. The summed E-state index contributed by atoms with van der Waals surface area (Å²) in [6.45, 7) is 0. The molecule has 90 valence electrons. The SMILES string of the molecule is COc1ccc(N(C)c2cc(C#N)ncn2)cc1. The first-order valence-corrected chi connectivity index (χ1v) is 5.34. The molecule has 0 aliphatic heterocycles. The summed E-state index contributed by atoms with van der Waals surface area (Å²) in [5.41, 5.74) is 1.30. The summed E-state index contributed by atoms with van der Waals surface area (Å²) in [7, 11) is 3.51. The number of aromatic nitrogens is 2. The van der Waals surface area contributed by atoms with E-state index in [0.717, 1.165) is 11.4 Å². The summed E-state index contributed by atoms with van der Waals surface area (Å²) in [5, 5.41) is 8.81. The quantitative estimate of drug-likeness (QED) is 0.822. The normalized spacial score (nSPS) is 9.61. The summed E-state index contributed by atoms with van der Waals surface area (Å²) in [5.74, 6) is 1.47. The molecule has 2 rings (SSSR count). The monoisotopic (exact) mass is 240 g/mol. The fraction of sp³-hybridized carbons (Fsp3) is 0.154. The number of methoxy groups -OCH3 is 1. The maximum absolute atomic E-state index is 8.81. The van der Waals surface area contributed by atoms with Crippen LogP contribution in [0.3, 0.4) is 0 Å². The maximum Gasteiger partial charge on any atom is 0.145 e. The lowest BCUT2D eigenvalue weighted by Crippen LogP contribution is -2.11. The van der Waals surface area contributed by atoms with Crippen molar-refractivity contribution in [1.82, 2.24) is 9.97 Å². The van der Waals surface area contributed by atoms with Crippen LogP contribution < -0.4 is 9.64 Å². The Hall–Kier alpha value is -2.61. The summed E-state index contributed by atoms with van der Waals surface area (Å²) in [6, 6.07) is 11.2. The van der Waals surface area contributed by atoms with Crippen LogP contribution in [0.5, 0.6) is 5.75 Å². The molecular formula is C13H12N4O. The van der Waals surface area contributed by atoms with Crippen LogP contribution in [0.4, 0.5) is 11.5 Å². The van der Waals surface area contributed by atoms with Crippen LogP contribution in [-0.2, 0) is 0 Å². The van der Waals surface area contributed by atoms with Gasteiger partial charge in [-0.2, -0.15) is 5.26 Å². The van der Waals surface area contributed by atoms with Gasteiger partial charge < -0.3 is 9.64 Å². The number of nitriles is 1. The van der Waals surface area contributed by atoms with Crippen LogP contribution in [0, 0.1) is 11.3 Å². The van der Waals surface area contributed by atoms with Crippen molar-refractivity contribution in [3.8, 4) is 11.8 Å². The van der Waals surface area contributed by atoms with E-state index in [9.17, 15) is 0 Å². The molecule has 0 aliphatic carbocycles. The lowest BCUT2D eigenvalue weighted by molar-refractivity contribution is 0.415. The number of hydrogen-bond acceptors (Lipinski definition) is 5. The Kier molecular flexibility index (Phi) is 3.39. The Morgan fingerprint density at radius 2 is 1.94 bits per heavy atom. The van der Waals surface area contributed by atoms with Gasteiger partial charge in [-0.05, 0) is 24.3 Å². The van der Waals surface area contributed by atoms with E-state index >= 15 is 0 Å². The second-order valence-electron chi connectivity index (χ2n) is 3.63. The highest BCUT2D eigenvalue weighted by molar-refractivity contribution is 5.60. The second-order valence-corrected chi connectivity index (χ2v) is 3.63. The first-order chi connectivity index (χ1) is 8.74. The Bertz CT molecular complexity index is 574. The molecule has 0 spiro atoms. The molecule has 18 heavy (non-hydrogen) atoms. The van der Waals surface area contributed by atoms with Crippen molar-refractivity contribution in [2.45, 2.75) is 0 Å². The van der Waals surface area contributed by atoms with E-state index in [1.807, 2.05) is 42.3 Å². The van der Waals surface area contributed by atoms with Gasteiger partial charge in [0.2, 0.25) is 0 Å². The molecule has 0 N–H and O–H groups in total. The van der Waals surface area contributed by atoms with Crippen LogP contribution in [0.15, 0.2) is 36.7 Å². The first-order valence-electron chi connectivity index (χ1n) is 5.34. The van der Waals surface area contributed by atoms with Crippen molar-refractivity contribution in [1.29, 1.82) is 5.26 Å². The van der Waals surface area contributed by atoms with Crippen molar-refractivity contribution in [2.24, 2.45) is 0 Å². The van der Waals surface area contributed by atoms with Gasteiger partial charge in [0.05, 0.1) is 7.11 Å². The first kappa shape index (κ1) is 11.9. The van der Waals surface area contributed by atoms with Crippen LogP contribution in [0.25, 0.3) is 0 Å². The number of anilines is 2. The minimum atomic E-state index is 0.348. The molecule has 0 atom stereocenters. The van der Waals surface area contributed by atoms with Crippen LogP contribution in [0.1, 0.15) is 5.69 Å². The van der Waals surface area contributed by atoms with Gasteiger partial charge in [-0.3, -0.25) is 0 Å². The average molecular weight is 240 g/mol. The van der Waals surface area contributed by atoms with Gasteiger partial charge in [-0.15, -0.1) is 0 Å². The van der Waals surface area contributed by atoms with E-state index in [2.05, 4.69) is 9.97 Å². The zero-order chi connectivity index (χ0) is 13.0. The van der Waals surface area contributed by atoms with Gasteiger partial charge in [-0.25, -0.2) is 9.97 Å². The lowest BCUT2D eigenvalue weighted by atomic mass is 10.2. The summed E-state index contributed by atoms with van der Waals surface area (Å²) >= 11 is 0. The number of nitrogens with zero attached hydrogens (tertiary/aromatic N) is 4. The Labute approximate surface area is 105 Å². The third kappa shape index (κ3) is 2.38. The van der Waals surface area contributed by atoms with Crippen molar-refractivity contribution in [2.75, 3.05) is 19.1 Å². The highest BCUT2D eigenvalue weighted by Crippen LogP contribution is 2.23. The van der Waals surface area contributed by atoms with Gasteiger partial charge in [-0.1, -0.05) is 0 Å². The molecule has 1 heterocycles. The van der Waals surface area contributed by atoms with Gasteiger partial charge in [0.15, 0.2) is 0 Å². The van der Waals surface area contributed by atoms with E-state index in [1.54, 1.807) is 13.2 Å². The highest BCUT2D eigenvalue weighted by atomic mass is 16.5. The molecule has 0 saturated heterocycles. The molecule has 0 unspecified atom stereocenters. The Balaban J connectivity index is 2.29. The summed E-state index contributed by atoms with van der Waals surface area (Å²) < 4.78 is 5.10. The third-order valence-electron chi connectivity index (χ3n) is 2.57. The zero-order valence-corrected chi connectivity index (χ0v) is 10.2. The van der Waals surface area contributed by atoms with Crippen LogP contribution in [-0.4, -0.2) is 24.1 Å². The molecule has 0 amide bonds. The fourth-order valence-electron chi connectivity index (χ4n) is 1.53. The largest absolute Gasteiger partial charge is 0.497 e. The van der Waals surface area contributed by atoms with Gasteiger partial charge >= 0.3 is 0 Å². The topological polar surface area (TPSA) is 62.0 Å². The number of rotatable bonds is 3. The van der Waals surface area contributed by atoms with Gasteiger partial charge in [0.25, 0.3) is 0 Å². The fourth-order valence-corrected chi connectivity index (χ4v) is 1.53. The maximum atomic E-state index is 8.81. The standard InChI is InChI=1S/C13H12N4O/c1-17(11-3-5-12(18-2)6-4-11)13-7-10(8-14)15-9-16-13/h3-7,9H,1-2H3. The molecule has 1 aromatic heterocycles. The summed E-state index contributed by atoms with van der Waals surface area (Å²) in [6.07, 6.45) is 1.38. The predicted molar refractivity (Wildman–Crippen MR) is 67.8 cm³/mol. The number of hydrogen-bond donors (Lipinski definition) is 0. The Morgan fingerprint density at radius 3 is 2.56 bits per heavy atom. The highest BCUT2D eigenvalue weighted by Gasteiger charge is 2.06. The summed E-state index contributed by atoms with van der Waals surface area (Å²) in [4.78, 5) is 9.86. The molecule has 2 aromatic rings. The Morgan fingerprint density at radius 1 is 1.22 bits per heavy atom. The minimum Gasteiger partial charge on any atom is -0.497 e. The van der Waals surface area contributed by atoms with Crippen LogP contribution >= 0.6 is 0 Å². The molecule has 0 bridgehead atoms. The molecule has 5 heteroatoms. The van der Waals surface area contributed by atoms with Gasteiger partial charge in [0.1, 0.15) is 29.7 Å². The molecule has 0 radical (unpaired) electrons. The van der Waals surface area contributed by atoms with E-state index in [4.69, 9.17) is 10.00 Å². The zero-order valence-electron chi connectivity index (χ0n) is 10.2. The minimum absolute atomic E-state index is 0.348. The van der Waals surface area contributed by atoms with Gasteiger partial charge in [0, 0.05) is 18.8 Å². The average Bonchev–Trinajstić information content (AvgIpc) is 2.46. The molecule has 0 aliphatic rings. The van der Waals surface area contributed by atoms with Crippen molar-refractivity contribution >= 4 is 11.5 Å². The number of benzene rings is 1. The van der Waals surface area contributed by atoms with Crippen LogP contribution in [0.2, 0.25) is 0 Å².